The third-order valence-corrected chi connectivity index (χ3v) is 5.07. The Bertz CT molecular complexity index is 1250. The molecule has 1 aliphatic heterocycles. The lowest BCUT2D eigenvalue weighted by atomic mass is 10.0. The van der Waals surface area contributed by atoms with Gasteiger partial charge in [0.15, 0.2) is 18.1 Å². The van der Waals surface area contributed by atoms with Crippen molar-refractivity contribution in [2.45, 2.75) is 0 Å². The molecule has 4 amide bonds. The lowest BCUT2D eigenvalue weighted by molar-refractivity contribution is -0.121. The van der Waals surface area contributed by atoms with Crippen LogP contribution in [0, 0.1) is 11.3 Å². The average molecular weight is 453 g/mol. The number of methoxy groups -OCH3 is 1. The summed E-state index contributed by atoms with van der Waals surface area (Å²) < 4.78 is 10.6. The number of nitrogens with zero attached hydrogens (tertiary/aromatic N) is 3. The minimum atomic E-state index is -0.762. The largest absolute Gasteiger partial charge is 0.493 e. The van der Waals surface area contributed by atoms with E-state index in [0.717, 1.165) is 9.80 Å². The summed E-state index contributed by atoms with van der Waals surface area (Å²) in [6.07, 6.45) is 1.40. The first-order valence-corrected chi connectivity index (χ1v) is 10.3. The molecule has 8 nitrogen and oxygen atoms in total. The predicted molar refractivity (Wildman–Crippen MR) is 125 cm³/mol. The Kier molecular flexibility index (Phi) is 6.37. The van der Waals surface area contributed by atoms with Crippen LogP contribution in [0.4, 0.5) is 16.2 Å². The normalized spacial score (nSPS) is 13.5. The number of amides is 4. The molecule has 1 heterocycles. The molecule has 0 aliphatic carbocycles. The smallest absolute Gasteiger partial charge is 0.343 e. The Labute approximate surface area is 195 Å². The van der Waals surface area contributed by atoms with Gasteiger partial charge >= 0.3 is 6.03 Å². The summed E-state index contributed by atoms with van der Waals surface area (Å²) >= 11 is 0. The standard InChI is InChI=1S/C26H19N3O5/c1-33-23-17-18(12-13-22(23)34-15-14-27)16-21-24(30)28(19-8-4-2-5-9-19)26(32)29(25(21)31)20-10-6-3-7-11-20/h2-13,16-17H,15H2,1H3. The zero-order valence-corrected chi connectivity index (χ0v) is 18.2. The van der Waals surface area contributed by atoms with Crippen LogP contribution >= 0.6 is 0 Å². The van der Waals surface area contributed by atoms with Gasteiger partial charge in [-0.3, -0.25) is 9.59 Å². The van der Waals surface area contributed by atoms with Crippen molar-refractivity contribution in [1.82, 2.24) is 0 Å². The minimum absolute atomic E-state index is 0.159. The number of barbiturate groups is 1. The van der Waals surface area contributed by atoms with Gasteiger partial charge in [0, 0.05) is 0 Å². The van der Waals surface area contributed by atoms with Crippen LogP contribution in [-0.2, 0) is 9.59 Å². The second-order valence-corrected chi connectivity index (χ2v) is 7.15. The average Bonchev–Trinajstić information content (AvgIpc) is 2.87. The maximum Gasteiger partial charge on any atom is 0.343 e. The van der Waals surface area contributed by atoms with E-state index in [2.05, 4.69) is 0 Å². The molecule has 1 aliphatic rings. The monoisotopic (exact) mass is 453 g/mol. The summed E-state index contributed by atoms with van der Waals surface area (Å²) in [6, 6.07) is 22.7. The first-order chi connectivity index (χ1) is 16.5. The minimum Gasteiger partial charge on any atom is -0.493 e. The van der Waals surface area contributed by atoms with Gasteiger partial charge in [-0.05, 0) is 48.0 Å². The molecule has 0 unspecified atom stereocenters. The van der Waals surface area contributed by atoms with E-state index in [1.54, 1.807) is 78.9 Å². The lowest BCUT2D eigenvalue weighted by Gasteiger charge is -2.33. The number of hydrogen-bond donors (Lipinski definition) is 0. The third kappa shape index (κ3) is 4.23. The van der Waals surface area contributed by atoms with Gasteiger partial charge in [-0.15, -0.1) is 0 Å². The molecular weight excluding hydrogens is 434 g/mol. The number of carbonyl (C=O) groups excluding carboxylic acids is 3. The summed E-state index contributed by atoms with van der Waals surface area (Å²) in [5.41, 5.74) is 0.970. The Morgan fingerprint density at radius 3 is 1.88 bits per heavy atom. The summed E-state index contributed by atoms with van der Waals surface area (Å²) in [5.74, 6) is -0.801. The lowest BCUT2D eigenvalue weighted by Crippen LogP contribution is -2.57. The molecule has 0 bridgehead atoms. The topological polar surface area (TPSA) is 99.9 Å². The van der Waals surface area contributed by atoms with Crippen LogP contribution in [0.2, 0.25) is 0 Å². The van der Waals surface area contributed by atoms with Crippen LogP contribution in [-0.4, -0.2) is 31.6 Å². The third-order valence-electron chi connectivity index (χ3n) is 5.07. The summed E-state index contributed by atoms with van der Waals surface area (Å²) in [5, 5.41) is 8.74. The Morgan fingerprint density at radius 1 is 0.824 bits per heavy atom. The van der Waals surface area contributed by atoms with Gasteiger partial charge in [-0.25, -0.2) is 14.6 Å². The number of nitriles is 1. The highest BCUT2D eigenvalue weighted by Crippen LogP contribution is 2.32. The number of carbonyl (C=O) groups is 3. The van der Waals surface area contributed by atoms with E-state index >= 15 is 0 Å². The Hall–Kier alpha value is -4.90. The van der Waals surface area contributed by atoms with Gasteiger partial charge < -0.3 is 9.47 Å². The molecule has 0 spiro atoms. The second kappa shape index (κ2) is 9.71. The molecule has 1 saturated heterocycles. The molecule has 168 valence electrons. The second-order valence-electron chi connectivity index (χ2n) is 7.15. The number of imide groups is 2. The fraction of sp³-hybridized carbons (Fsp3) is 0.0769. The molecular formula is C26H19N3O5. The molecule has 0 radical (unpaired) electrons. The van der Waals surface area contributed by atoms with Gasteiger partial charge in [0.05, 0.1) is 18.5 Å². The molecule has 8 heteroatoms. The zero-order chi connectivity index (χ0) is 24.1. The van der Waals surface area contributed by atoms with Gasteiger partial charge in [0.1, 0.15) is 11.6 Å². The summed E-state index contributed by atoms with van der Waals surface area (Å²) in [4.78, 5) is 42.0. The van der Waals surface area contributed by atoms with Crippen LogP contribution in [0.25, 0.3) is 6.08 Å². The van der Waals surface area contributed by atoms with E-state index < -0.39 is 17.8 Å². The molecule has 0 atom stereocenters. The number of anilines is 2. The van der Waals surface area contributed by atoms with E-state index in [9.17, 15) is 14.4 Å². The van der Waals surface area contributed by atoms with Crippen molar-refractivity contribution in [3.05, 3.63) is 90.0 Å². The highest BCUT2D eigenvalue weighted by molar-refractivity contribution is 6.46. The van der Waals surface area contributed by atoms with Crippen molar-refractivity contribution in [1.29, 1.82) is 5.26 Å². The highest BCUT2D eigenvalue weighted by Gasteiger charge is 2.43. The van der Waals surface area contributed by atoms with Gasteiger partial charge in [-0.1, -0.05) is 42.5 Å². The SMILES string of the molecule is COc1cc(C=C2C(=O)N(c3ccccc3)C(=O)N(c3ccccc3)C2=O)ccc1OCC#N. The number of hydrogen-bond acceptors (Lipinski definition) is 6. The van der Waals surface area contributed by atoms with Gasteiger partial charge in [-0.2, -0.15) is 5.26 Å². The molecule has 0 saturated carbocycles. The van der Waals surface area contributed by atoms with E-state index in [4.69, 9.17) is 14.7 Å². The van der Waals surface area contributed by atoms with Crippen molar-refractivity contribution in [2.24, 2.45) is 0 Å². The van der Waals surface area contributed by atoms with Crippen molar-refractivity contribution in [3.8, 4) is 17.6 Å². The molecule has 0 N–H and O–H groups in total. The quantitative estimate of drug-likeness (QED) is 0.410. The van der Waals surface area contributed by atoms with Gasteiger partial charge in [0.2, 0.25) is 0 Å². The number of benzene rings is 3. The molecule has 34 heavy (non-hydrogen) atoms. The number of ether oxygens (including phenoxy) is 2. The van der Waals surface area contributed by atoms with Crippen LogP contribution in [0.3, 0.4) is 0 Å². The van der Waals surface area contributed by atoms with E-state index in [-0.39, 0.29) is 12.2 Å². The van der Waals surface area contributed by atoms with E-state index in [0.29, 0.717) is 28.4 Å². The van der Waals surface area contributed by atoms with Crippen LogP contribution in [0.1, 0.15) is 5.56 Å². The first-order valence-electron chi connectivity index (χ1n) is 10.3. The summed E-state index contributed by atoms with van der Waals surface area (Å²) in [7, 11) is 1.44. The summed E-state index contributed by atoms with van der Waals surface area (Å²) in [6.45, 7) is -0.159. The molecule has 4 rings (SSSR count). The van der Waals surface area contributed by atoms with Gasteiger partial charge in [0.25, 0.3) is 11.8 Å². The molecule has 3 aromatic carbocycles. The predicted octanol–water partition coefficient (Wildman–Crippen LogP) is 4.18. The van der Waals surface area contributed by atoms with Crippen LogP contribution < -0.4 is 19.3 Å². The fourth-order valence-electron chi connectivity index (χ4n) is 3.51. The Balaban J connectivity index is 1.81. The van der Waals surface area contributed by atoms with Crippen molar-refractivity contribution >= 4 is 35.3 Å². The van der Waals surface area contributed by atoms with Crippen molar-refractivity contribution < 1.29 is 23.9 Å². The van der Waals surface area contributed by atoms with Crippen LogP contribution in [0.5, 0.6) is 11.5 Å². The van der Waals surface area contributed by atoms with Crippen LogP contribution in [0.15, 0.2) is 84.4 Å². The van der Waals surface area contributed by atoms with Crippen molar-refractivity contribution in [3.63, 3.8) is 0 Å². The number of urea groups is 1. The van der Waals surface area contributed by atoms with E-state index in [1.807, 2.05) is 6.07 Å². The zero-order valence-electron chi connectivity index (χ0n) is 18.2. The molecule has 0 aromatic heterocycles. The molecule has 1 fully saturated rings. The van der Waals surface area contributed by atoms with E-state index in [1.165, 1.54) is 13.2 Å². The highest BCUT2D eigenvalue weighted by atomic mass is 16.5. The number of rotatable bonds is 6. The fourth-order valence-corrected chi connectivity index (χ4v) is 3.51. The maximum absolute atomic E-state index is 13.4. The molecule has 3 aromatic rings. The first kappa shape index (κ1) is 22.3. The Morgan fingerprint density at radius 2 is 1.38 bits per heavy atom. The van der Waals surface area contributed by atoms with Crippen molar-refractivity contribution in [2.75, 3.05) is 23.5 Å². The maximum atomic E-state index is 13.4. The number of para-hydroxylation sites is 2.